The van der Waals surface area contributed by atoms with E-state index in [0.29, 0.717) is 31.8 Å². The van der Waals surface area contributed by atoms with Crippen molar-refractivity contribution in [2.75, 3.05) is 31.1 Å². The van der Waals surface area contributed by atoms with Gasteiger partial charge in [-0.3, -0.25) is 0 Å². The van der Waals surface area contributed by atoms with Crippen LogP contribution in [0.4, 0.5) is 10.5 Å². The third-order valence-corrected chi connectivity index (χ3v) is 7.57. The van der Waals surface area contributed by atoms with Crippen LogP contribution in [0, 0.1) is 10.5 Å². The van der Waals surface area contributed by atoms with E-state index in [4.69, 9.17) is 5.11 Å². The quantitative estimate of drug-likeness (QED) is 0.528. The van der Waals surface area contributed by atoms with Crippen LogP contribution in [0.3, 0.4) is 0 Å². The number of hydrogen-bond donors (Lipinski definition) is 1. The van der Waals surface area contributed by atoms with Crippen LogP contribution in [-0.2, 0) is 10.0 Å². The number of hydrogen-bond acceptors (Lipinski definition) is 5. The molecule has 29 heavy (non-hydrogen) atoms. The third kappa shape index (κ3) is 3.66. The molecule has 2 aromatic heterocycles. The zero-order valence-corrected chi connectivity index (χ0v) is 18.6. The van der Waals surface area contributed by atoms with Gasteiger partial charge >= 0.3 is 6.09 Å². The molecule has 0 bridgehead atoms. The van der Waals surface area contributed by atoms with Gasteiger partial charge in [0.2, 0.25) is 0 Å². The lowest BCUT2D eigenvalue weighted by molar-refractivity contribution is 0.142. The molecule has 1 aliphatic heterocycles. The Balaban J connectivity index is 1.69. The highest BCUT2D eigenvalue weighted by Crippen LogP contribution is 2.29. The van der Waals surface area contributed by atoms with Crippen LogP contribution in [-0.4, -0.2) is 59.7 Å². The predicted octanol–water partition coefficient (Wildman–Crippen LogP) is 2.99. The van der Waals surface area contributed by atoms with E-state index in [1.165, 1.54) is 8.87 Å². The van der Waals surface area contributed by atoms with E-state index < -0.39 is 16.1 Å². The van der Waals surface area contributed by atoms with Gasteiger partial charge in [0, 0.05) is 41.3 Å². The van der Waals surface area contributed by atoms with Crippen LogP contribution >= 0.6 is 22.6 Å². The lowest BCUT2D eigenvalue weighted by Gasteiger charge is -2.34. The van der Waals surface area contributed by atoms with Crippen LogP contribution in [0.15, 0.2) is 47.6 Å². The normalized spacial score (nSPS) is 15.1. The number of halogens is 1. The van der Waals surface area contributed by atoms with Crippen LogP contribution in [0.5, 0.6) is 0 Å². The number of piperazine rings is 1. The molecule has 10 heteroatoms. The lowest BCUT2D eigenvalue weighted by Crippen LogP contribution is -2.48. The summed E-state index contributed by atoms with van der Waals surface area (Å²) in [7, 11) is -3.75. The number of nitrogens with zero attached hydrogens (tertiary/aromatic N) is 4. The molecular weight excluding hydrogens is 507 g/mol. The van der Waals surface area contributed by atoms with Crippen molar-refractivity contribution in [3.63, 3.8) is 0 Å². The van der Waals surface area contributed by atoms with Crippen molar-refractivity contribution in [3.8, 4) is 0 Å². The molecule has 0 atom stereocenters. The van der Waals surface area contributed by atoms with E-state index in [2.05, 4.69) is 32.5 Å². The Kier molecular flexibility index (Phi) is 5.15. The van der Waals surface area contributed by atoms with Gasteiger partial charge in [-0.15, -0.1) is 0 Å². The molecule has 0 aliphatic carbocycles. The SMILES string of the molecule is Cc1ccc(S(=O)(=O)n2cc(I)c3cc(N4CCN(C(=O)O)CC4)cnc32)cc1. The summed E-state index contributed by atoms with van der Waals surface area (Å²) in [4.78, 5) is 19.2. The van der Waals surface area contributed by atoms with Gasteiger partial charge in [-0.25, -0.2) is 22.2 Å². The van der Waals surface area contributed by atoms with Crippen LogP contribution in [0.1, 0.15) is 5.56 Å². The number of rotatable bonds is 3. The smallest absolute Gasteiger partial charge is 0.407 e. The van der Waals surface area contributed by atoms with E-state index >= 15 is 0 Å². The summed E-state index contributed by atoms with van der Waals surface area (Å²) >= 11 is 2.11. The third-order valence-electron chi connectivity index (χ3n) is 5.04. The number of carboxylic acid groups (broad SMARTS) is 1. The summed E-state index contributed by atoms with van der Waals surface area (Å²) in [6.45, 7) is 3.89. The summed E-state index contributed by atoms with van der Waals surface area (Å²) in [5.74, 6) is 0. The van der Waals surface area contributed by atoms with Crippen molar-refractivity contribution in [1.29, 1.82) is 0 Å². The topological polar surface area (TPSA) is 95.7 Å². The van der Waals surface area contributed by atoms with Crippen molar-refractivity contribution < 1.29 is 18.3 Å². The number of anilines is 1. The fourth-order valence-electron chi connectivity index (χ4n) is 3.37. The van der Waals surface area contributed by atoms with E-state index in [1.807, 2.05) is 13.0 Å². The maximum absolute atomic E-state index is 13.1. The Labute approximate surface area is 181 Å². The van der Waals surface area contributed by atoms with Gasteiger partial charge in [0.05, 0.1) is 16.8 Å². The molecule has 152 valence electrons. The fraction of sp³-hybridized carbons (Fsp3) is 0.263. The number of pyridine rings is 1. The Morgan fingerprint density at radius 2 is 1.79 bits per heavy atom. The Bertz CT molecular complexity index is 1180. The van der Waals surface area contributed by atoms with Gasteiger partial charge in [0.25, 0.3) is 10.0 Å². The van der Waals surface area contributed by atoms with Gasteiger partial charge in [-0.2, -0.15) is 0 Å². The molecule has 1 amide bonds. The van der Waals surface area contributed by atoms with E-state index in [0.717, 1.165) is 20.2 Å². The molecule has 0 saturated carbocycles. The van der Waals surface area contributed by atoms with Crippen LogP contribution < -0.4 is 4.90 Å². The van der Waals surface area contributed by atoms with E-state index in [1.54, 1.807) is 36.7 Å². The molecule has 0 radical (unpaired) electrons. The first-order valence-corrected chi connectivity index (χ1v) is 11.5. The molecule has 4 rings (SSSR count). The minimum absolute atomic E-state index is 0.215. The standard InChI is InChI=1S/C19H19IN4O4S/c1-13-2-4-15(5-3-13)29(27,28)24-12-17(20)16-10-14(11-21-18(16)24)22-6-8-23(9-7-22)19(25)26/h2-5,10-12H,6-9H2,1H3,(H,25,26). The molecule has 3 aromatic rings. The zero-order chi connectivity index (χ0) is 20.8. The van der Waals surface area contributed by atoms with Gasteiger partial charge < -0.3 is 14.9 Å². The summed E-state index contributed by atoms with van der Waals surface area (Å²) in [5.41, 5.74) is 2.22. The average Bonchev–Trinajstić information content (AvgIpc) is 3.05. The average molecular weight is 526 g/mol. The van der Waals surface area contributed by atoms with Crippen molar-refractivity contribution in [3.05, 3.63) is 51.9 Å². The molecule has 1 fully saturated rings. The first-order valence-electron chi connectivity index (χ1n) is 8.99. The second-order valence-electron chi connectivity index (χ2n) is 6.91. The maximum Gasteiger partial charge on any atom is 0.407 e. The summed E-state index contributed by atoms with van der Waals surface area (Å²) in [6, 6.07) is 8.65. The second kappa shape index (κ2) is 7.48. The largest absolute Gasteiger partial charge is 0.465 e. The Morgan fingerprint density at radius 1 is 1.14 bits per heavy atom. The van der Waals surface area contributed by atoms with E-state index in [-0.39, 0.29) is 4.90 Å². The number of aromatic nitrogens is 2. The highest BCUT2D eigenvalue weighted by atomic mass is 127. The molecule has 0 spiro atoms. The number of benzene rings is 1. The number of carbonyl (C=O) groups is 1. The lowest BCUT2D eigenvalue weighted by atomic mass is 10.2. The number of amides is 1. The molecule has 1 aromatic carbocycles. The molecule has 8 nitrogen and oxygen atoms in total. The molecular formula is C19H19IN4O4S. The fourth-order valence-corrected chi connectivity index (χ4v) is 5.56. The molecule has 3 heterocycles. The number of fused-ring (bicyclic) bond motifs is 1. The van der Waals surface area contributed by atoms with Crippen molar-refractivity contribution in [2.45, 2.75) is 11.8 Å². The van der Waals surface area contributed by atoms with Crippen LogP contribution in [0.25, 0.3) is 11.0 Å². The van der Waals surface area contributed by atoms with Gasteiger partial charge in [0.1, 0.15) is 0 Å². The summed E-state index contributed by atoms with van der Waals surface area (Å²) in [6.07, 6.45) is 2.32. The van der Waals surface area contributed by atoms with Crippen molar-refractivity contribution in [1.82, 2.24) is 13.9 Å². The highest BCUT2D eigenvalue weighted by molar-refractivity contribution is 14.1. The first kappa shape index (κ1) is 20.0. The van der Waals surface area contributed by atoms with Gasteiger partial charge in [0.15, 0.2) is 5.65 Å². The van der Waals surface area contributed by atoms with E-state index in [9.17, 15) is 13.2 Å². The summed E-state index contributed by atoms with van der Waals surface area (Å²) < 4.78 is 28.2. The van der Waals surface area contributed by atoms with Crippen molar-refractivity contribution in [2.24, 2.45) is 0 Å². The molecule has 1 aliphatic rings. The molecule has 1 N–H and O–H groups in total. The summed E-state index contributed by atoms with van der Waals surface area (Å²) in [5, 5.41) is 9.84. The second-order valence-corrected chi connectivity index (χ2v) is 9.89. The van der Waals surface area contributed by atoms with Crippen molar-refractivity contribution >= 4 is 55.4 Å². The minimum atomic E-state index is -3.75. The highest BCUT2D eigenvalue weighted by Gasteiger charge is 2.24. The Hall–Kier alpha value is -2.34. The maximum atomic E-state index is 13.1. The molecule has 1 saturated heterocycles. The zero-order valence-electron chi connectivity index (χ0n) is 15.6. The van der Waals surface area contributed by atoms with Crippen LogP contribution in [0.2, 0.25) is 0 Å². The first-order chi connectivity index (χ1) is 13.8. The Morgan fingerprint density at radius 3 is 2.41 bits per heavy atom. The predicted molar refractivity (Wildman–Crippen MR) is 118 cm³/mol. The van der Waals surface area contributed by atoms with Gasteiger partial charge in [-0.05, 0) is 47.7 Å². The van der Waals surface area contributed by atoms with Gasteiger partial charge in [-0.1, -0.05) is 17.7 Å². The number of aryl methyl sites for hydroxylation is 1. The monoisotopic (exact) mass is 526 g/mol. The molecule has 0 unspecified atom stereocenters. The minimum Gasteiger partial charge on any atom is -0.465 e.